The van der Waals surface area contributed by atoms with Crippen molar-refractivity contribution in [3.63, 3.8) is 0 Å². The molecule has 1 aromatic rings. The summed E-state index contributed by atoms with van der Waals surface area (Å²) < 4.78 is 0. The number of hydrogen-bond donors (Lipinski definition) is 3. The third-order valence-electron chi connectivity index (χ3n) is 3.38. The molecule has 1 aliphatic rings. The van der Waals surface area contributed by atoms with Gasteiger partial charge in [0.25, 0.3) is 0 Å². The fourth-order valence-electron chi connectivity index (χ4n) is 2.18. The minimum absolute atomic E-state index is 0.169. The van der Waals surface area contributed by atoms with Crippen molar-refractivity contribution in [2.75, 3.05) is 6.61 Å². The summed E-state index contributed by atoms with van der Waals surface area (Å²) in [5, 5.41) is 9.08. The predicted molar refractivity (Wildman–Crippen MR) is 69.6 cm³/mol. The summed E-state index contributed by atoms with van der Waals surface area (Å²) in [5.41, 5.74) is 9.16. The number of benzene rings is 1. The Labute approximate surface area is 103 Å². The molecule has 3 heteroatoms. The van der Waals surface area contributed by atoms with E-state index in [9.17, 15) is 0 Å². The van der Waals surface area contributed by atoms with Gasteiger partial charge in [0.2, 0.25) is 0 Å². The molecule has 0 amide bonds. The third-order valence-corrected chi connectivity index (χ3v) is 3.38. The van der Waals surface area contributed by atoms with E-state index in [-0.39, 0.29) is 18.1 Å². The molecule has 3 nitrogen and oxygen atoms in total. The van der Waals surface area contributed by atoms with Crippen molar-refractivity contribution in [1.29, 1.82) is 0 Å². The maximum Gasteiger partial charge on any atom is 0.0598 e. The standard InChI is InChI=1S/C14H22N2O/c1-14(2,3)11-6-4-10(5-7-11)13-8-12(9-17)15-16-13/h4-7,12-13,15-17H,8-9H2,1-3H3. The molecule has 2 rings (SSSR count). The SMILES string of the molecule is CC(C)(C)c1ccc(C2CC(CO)NN2)cc1. The van der Waals surface area contributed by atoms with Crippen molar-refractivity contribution < 1.29 is 5.11 Å². The quantitative estimate of drug-likeness (QED) is 0.732. The summed E-state index contributed by atoms with van der Waals surface area (Å²) in [6, 6.07) is 9.23. The Morgan fingerprint density at radius 2 is 1.82 bits per heavy atom. The summed E-state index contributed by atoms with van der Waals surface area (Å²) in [6.45, 7) is 6.85. The van der Waals surface area contributed by atoms with Crippen molar-refractivity contribution >= 4 is 0 Å². The Morgan fingerprint density at radius 3 is 2.29 bits per heavy atom. The molecule has 0 aliphatic carbocycles. The molecular formula is C14H22N2O. The van der Waals surface area contributed by atoms with E-state index in [0.29, 0.717) is 6.04 Å². The fraction of sp³-hybridized carbons (Fsp3) is 0.571. The zero-order valence-corrected chi connectivity index (χ0v) is 10.8. The molecule has 0 radical (unpaired) electrons. The second-order valence-electron chi connectivity index (χ2n) is 5.83. The first-order valence-corrected chi connectivity index (χ1v) is 6.23. The van der Waals surface area contributed by atoms with E-state index in [1.807, 2.05) is 0 Å². The average molecular weight is 234 g/mol. The first kappa shape index (κ1) is 12.6. The van der Waals surface area contributed by atoms with Gasteiger partial charge < -0.3 is 5.11 Å². The normalized spacial score (nSPS) is 25.2. The molecule has 0 aromatic heterocycles. The third kappa shape index (κ3) is 2.86. The van der Waals surface area contributed by atoms with Gasteiger partial charge in [0, 0.05) is 12.1 Å². The van der Waals surface area contributed by atoms with Crippen molar-refractivity contribution in [2.45, 2.75) is 44.7 Å². The van der Waals surface area contributed by atoms with Crippen LogP contribution in [0.3, 0.4) is 0 Å². The van der Waals surface area contributed by atoms with Gasteiger partial charge in [-0.25, -0.2) is 5.43 Å². The molecule has 1 saturated heterocycles. The summed E-state index contributed by atoms with van der Waals surface area (Å²) in [6.07, 6.45) is 0.936. The summed E-state index contributed by atoms with van der Waals surface area (Å²) in [7, 11) is 0. The summed E-state index contributed by atoms with van der Waals surface area (Å²) >= 11 is 0. The summed E-state index contributed by atoms with van der Waals surface area (Å²) in [4.78, 5) is 0. The van der Waals surface area contributed by atoms with Gasteiger partial charge in [-0.15, -0.1) is 0 Å². The van der Waals surface area contributed by atoms with E-state index < -0.39 is 0 Å². The van der Waals surface area contributed by atoms with Gasteiger partial charge >= 0.3 is 0 Å². The van der Waals surface area contributed by atoms with E-state index in [2.05, 4.69) is 55.9 Å². The zero-order chi connectivity index (χ0) is 12.5. The number of hydrogen-bond acceptors (Lipinski definition) is 3. The zero-order valence-electron chi connectivity index (χ0n) is 10.8. The van der Waals surface area contributed by atoms with Gasteiger partial charge in [0.05, 0.1) is 6.61 Å². The molecular weight excluding hydrogens is 212 g/mol. The van der Waals surface area contributed by atoms with E-state index in [0.717, 1.165) is 6.42 Å². The Kier molecular flexibility index (Phi) is 3.52. The maximum absolute atomic E-state index is 9.08. The van der Waals surface area contributed by atoms with Crippen LogP contribution in [0.4, 0.5) is 0 Å². The molecule has 1 aromatic carbocycles. The Balaban J connectivity index is 2.09. The highest BCUT2D eigenvalue weighted by atomic mass is 16.3. The van der Waals surface area contributed by atoms with Gasteiger partial charge in [-0.2, -0.15) is 0 Å². The van der Waals surface area contributed by atoms with Crippen LogP contribution >= 0.6 is 0 Å². The van der Waals surface area contributed by atoms with Gasteiger partial charge in [-0.05, 0) is 23.0 Å². The fourth-order valence-corrected chi connectivity index (χ4v) is 2.18. The molecule has 1 heterocycles. The number of hydrazine groups is 1. The smallest absolute Gasteiger partial charge is 0.0598 e. The lowest BCUT2D eigenvalue weighted by atomic mass is 9.86. The highest BCUT2D eigenvalue weighted by Crippen LogP contribution is 2.26. The summed E-state index contributed by atoms with van der Waals surface area (Å²) in [5.74, 6) is 0. The maximum atomic E-state index is 9.08. The van der Waals surface area contributed by atoms with Crippen LogP contribution in [0, 0.1) is 0 Å². The molecule has 2 atom stereocenters. The second kappa shape index (κ2) is 4.77. The van der Waals surface area contributed by atoms with E-state index >= 15 is 0 Å². The lowest BCUT2D eigenvalue weighted by Gasteiger charge is -2.20. The van der Waals surface area contributed by atoms with Crippen molar-refractivity contribution in [1.82, 2.24) is 10.9 Å². The average Bonchev–Trinajstić information content (AvgIpc) is 2.76. The topological polar surface area (TPSA) is 44.3 Å². The highest BCUT2D eigenvalue weighted by molar-refractivity contribution is 5.29. The van der Waals surface area contributed by atoms with Crippen molar-refractivity contribution in [2.24, 2.45) is 0 Å². The predicted octanol–water partition coefficient (Wildman–Crippen LogP) is 1.88. The van der Waals surface area contributed by atoms with Gasteiger partial charge in [-0.3, -0.25) is 5.43 Å². The number of aliphatic hydroxyl groups is 1. The van der Waals surface area contributed by atoms with Crippen molar-refractivity contribution in [3.05, 3.63) is 35.4 Å². The second-order valence-corrected chi connectivity index (χ2v) is 5.83. The van der Waals surface area contributed by atoms with Gasteiger partial charge in [-0.1, -0.05) is 45.0 Å². The minimum atomic E-state index is 0.169. The van der Waals surface area contributed by atoms with Gasteiger partial charge in [0.1, 0.15) is 0 Å². The minimum Gasteiger partial charge on any atom is -0.395 e. The number of aliphatic hydroxyl groups excluding tert-OH is 1. The Hall–Kier alpha value is -0.900. The van der Waals surface area contributed by atoms with Crippen LogP contribution in [0.1, 0.15) is 44.4 Å². The van der Waals surface area contributed by atoms with Crippen LogP contribution in [-0.4, -0.2) is 17.8 Å². The van der Waals surface area contributed by atoms with E-state index in [1.165, 1.54) is 11.1 Å². The van der Waals surface area contributed by atoms with Crippen LogP contribution in [0.2, 0.25) is 0 Å². The van der Waals surface area contributed by atoms with Crippen molar-refractivity contribution in [3.8, 4) is 0 Å². The number of rotatable bonds is 2. The molecule has 0 saturated carbocycles. The lowest BCUT2D eigenvalue weighted by molar-refractivity contribution is 0.251. The Morgan fingerprint density at radius 1 is 1.18 bits per heavy atom. The molecule has 3 N–H and O–H groups in total. The molecule has 1 aliphatic heterocycles. The molecule has 0 spiro atoms. The van der Waals surface area contributed by atoms with Crippen LogP contribution in [-0.2, 0) is 5.41 Å². The first-order chi connectivity index (χ1) is 8.00. The van der Waals surface area contributed by atoms with E-state index in [4.69, 9.17) is 5.11 Å². The highest BCUT2D eigenvalue weighted by Gasteiger charge is 2.24. The molecule has 94 valence electrons. The molecule has 17 heavy (non-hydrogen) atoms. The van der Waals surface area contributed by atoms with Gasteiger partial charge in [0.15, 0.2) is 0 Å². The number of nitrogens with one attached hydrogen (secondary N) is 2. The lowest BCUT2D eigenvalue weighted by Crippen LogP contribution is -2.32. The Bertz CT molecular complexity index is 367. The monoisotopic (exact) mass is 234 g/mol. The van der Waals surface area contributed by atoms with Crippen LogP contribution in [0.25, 0.3) is 0 Å². The molecule has 2 unspecified atom stereocenters. The first-order valence-electron chi connectivity index (χ1n) is 6.23. The van der Waals surface area contributed by atoms with Crippen LogP contribution < -0.4 is 10.9 Å². The van der Waals surface area contributed by atoms with E-state index in [1.54, 1.807) is 0 Å². The largest absolute Gasteiger partial charge is 0.395 e. The van der Waals surface area contributed by atoms with Crippen LogP contribution in [0.15, 0.2) is 24.3 Å². The van der Waals surface area contributed by atoms with Crippen LogP contribution in [0.5, 0.6) is 0 Å². The molecule has 0 bridgehead atoms. The molecule has 1 fully saturated rings.